The molecule has 1 saturated heterocycles. The lowest BCUT2D eigenvalue weighted by Gasteiger charge is -2.26. The van der Waals surface area contributed by atoms with Gasteiger partial charge in [0.1, 0.15) is 0 Å². The van der Waals surface area contributed by atoms with E-state index in [1.54, 1.807) is 18.2 Å². The van der Waals surface area contributed by atoms with Crippen LogP contribution in [0.1, 0.15) is 15.9 Å². The van der Waals surface area contributed by atoms with Gasteiger partial charge in [0, 0.05) is 30.6 Å². The van der Waals surface area contributed by atoms with Crippen molar-refractivity contribution in [3.8, 4) is 11.3 Å². The van der Waals surface area contributed by atoms with Crippen molar-refractivity contribution in [3.05, 3.63) is 53.6 Å². The van der Waals surface area contributed by atoms with Crippen molar-refractivity contribution in [2.75, 3.05) is 26.3 Å². The standard InChI is InChI=1S/C19H19N3O3/c23-19(24)15-5-6-16-17(11-15)20-21-18(16)14-3-1-13(2-4-14)12-22-7-9-25-10-8-22/h1-6,11H,7-10,12H2,(H,20,21)(H,23,24). The minimum atomic E-state index is -0.939. The third-order valence-corrected chi connectivity index (χ3v) is 4.55. The molecule has 0 aliphatic carbocycles. The highest BCUT2D eigenvalue weighted by atomic mass is 16.5. The fourth-order valence-electron chi connectivity index (χ4n) is 3.16. The normalized spacial score (nSPS) is 15.5. The number of aromatic nitrogens is 2. The highest BCUT2D eigenvalue weighted by Crippen LogP contribution is 2.27. The van der Waals surface area contributed by atoms with Gasteiger partial charge in [0.15, 0.2) is 0 Å². The molecule has 0 atom stereocenters. The van der Waals surface area contributed by atoms with E-state index in [2.05, 4.69) is 39.4 Å². The number of rotatable bonds is 4. The number of carboxylic acids is 1. The van der Waals surface area contributed by atoms with Gasteiger partial charge in [-0.15, -0.1) is 0 Å². The second kappa shape index (κ2) is 6.66. The van der Waals surface area contributed by atoms with E-state index in [0.29, 0.717) is 0 Å². The van der Waals surface area contributed by atoms with Crippen LogP contribution in [0.25, 0.3) is 22.2 Å². The van der Waals surface area contributed by atoms with Gasteiger partial charge >= 0.3 is 5.97 Å². The SMILES string of the molecule is O=C(O)c1ccc2c(-c3ccc(CN4CCOCC4)cc3)n[nH]c2c1. The van der Waals surface area contributed by atoms with Gasteiger partial charge in [0.05, 0.1) is 30.0 Å². The molecule has 0 amide bonds. The first-order chi connectivity index (χ1) is 12.2. The van der Waals surface area contributed by atoms with Crippen LogP contribution in [0.15, 0.2) is 42.5 Å². The molecule has 2 N–H and O–H groups in total. The summed E-state index contributed by atoms with van der Waals surface area (Å²) in [6, 6.07) is 13.4. The zero-order valence-corrected chi connectivity index (χ0v) is 13.7. The van der Waals surface area contributed by atoms with Crippen LogP contribution in [0, 0.1) is 0 Å². The van der Waals surface area contributed by atoms with E-state index in [-0.39, 0.29) is 5.56 Å². The van der Waals surface area contributed by atoms with Crippen LogP contribution in [0.4, 0.5) is 0 Å². The Kier molecular flexibility index (Phi) is 4.21. The number of fused-ring (bicyclic) bond motifs is 1. The smallest absolute Gasteiger partial charge is 0.335 e. The number of carbonyl (C=O) groups is 1. The fraction of sp³-hybridized carbons (Fsp3) is 0.263. The molecule has 3 aromatic rings. The molecule has 25 heavy (non-hydrogen) atoms. The summed E-state index contributed by atoms with van der Waals surface area (Å²) < 4.78 is 5.38. The molecule has 6 nitrogen and oxygen atoms in total. The zero-order chi connectivity index (χ0) is 17.2. The molecule has 1 aliphatic rings. The number of hydrogen-bond donors (Lipinski definition) is 2. The van der Waals surface area contributed by atoms with Gasteiger partial charge < -0.3 is 9.84 Å². The van der Waals surface area contributed by atoms with Crippen LogP contribution < -0.4 is 0 Å². The summed E-state index contributed by atoms with van der Waals surface area (Å²) in [5.41, 5.74) is 4.10. The molecule has 0 spiro atoms. The predicted molar refractivity (Wildman–Crippen MR) is 94.6 cm³/mol. The minimum absolute atomic E-state index is 0.253. The Bertz CT molecular complexity index is 896. The van der Waals surface area contributed by atoms with Crippen LogP contribution in [0.3, 0.4) is 0 Å². The fourth-order valence-corrected chi connectivity index (χ4v) is 3.16. The van der Waals surface area contributed by atoms with Gasteiger partial charge in [-0.05, 0) is 23.8 Å². The molecular weight excluding hydrogens is 318 g/mol. The molecule has 1 fully saturated rings. The lowest BCUT2D eigenvalue weighted by molar-refractivity contribution is 0.0342. The molecule has 128 valence electrons. The summed E-state index contributed by atoms with van der Waals surface area (Å²) in [4.78, 5) is 13.5. The van der Waals surface area contributed by atoms with Gasteiger partial charge in [-0.3, -0.25) is 10.00 Å². The minimum Gasteiger partial charge on any atom is -0.478 e. The lowest BCUT2D eigenvalue weighted by Crippen LogP contribution is -2.35. The predicted octanol–water partition coefficient (Wildman–Crippen LogP) is 2.76. The average molecular weight is 337 g/mol. The molecule has 1 aliphatic heterocycles. The molecule has 1 aromatic heterocycles. The van der Waals surface area contributed by atoms with Crippen molar-refractivity contribution < 1.29 is 14.6 Å². The quantitative estimate of drug-likeness (QED) is 0.765. The second-order valence-electron chi connectivity index (χ2n) is 6.22. The number of benzene rings is 2. The van der Waals surface area contributed by atoms with E-state index in [1.165, 1.54) is 5.56 Å². The maximum Gasteiger partial charge on any atom is 0.335 e. The monoisotopic (exact) mass is 337 g/mol. The van der Waals surface area contributed by atoms with Crippen LogP contribution in [0.2, 0.25) is 0 Å². The third kappa shape index (κ3) is 3.26. The van der Waals surface area contributed by atoms with Gasteiger partial charge in [-0.2, -0.15) is 5.10 Å². The Morgan fingerprint density at radius 1 is 1.16 bits per heavy atom. The summed E-state index contributed by atoms with van der Waals surface area (Å²) in [7, 11) is 0. The van der Waals surface area contributed by atoms with Crippen molar-refractivity contribution in [2.45, 2.75) is 6.54 Å². The molecule has 0 unspecified atom stereocenters. The lowest BCUT2D eigenvalue weighted by atomic mass is 10.0. The summed E-state index contributed by atoms with van der Waals surface area (Å²) >= 11 is 0. The number of carboxylic acid groups (broad SMARTS) is 1. The van der Waals surface area contributed by atoms with Crippen molar-refractivity contribution in [2.24, 2.45) is 0 Å². The van der Waals surface area contributed by atoms with Gasteiger partial charge in [-0.25, -0.2) is 4.79 Å². The second-order valence-corrected chi connectivity index (χ2v) is 6.22. The Morgan fingerprint density at radius 3 is 2.64 bits per heavy atom. The Balaban J connectivity index is 1.57. The highest BCUT2D eigenvalue weighted by molar-refractivity contribution is 5.98. The first kappa shape index (κ1) is 15.8. The van der Waals surface area contributed by atoms with Crippen LogP contribution in [-0.2, 0) is 11.3 Å². The molecule has 6 heteroatoms. The average Bonchev–Trinajstić information content (AvgIpc) is 3.06. The Hall–Kier alpha value is -2.70. The van der Waals surface area contributed by atoms with E-state index in [0.717, 1.165) is 55.0 Å². The third-order valence-electron chi connectivity index (χ3n) is 4.55. The first-order valence-electron chi connectivity index (χ1n) is 8.31. The van der Waals surface area contributed by atoms with E-state index >= 15 is 0 Å². The maximum absolute atomic E-state index is 11.1. The van der Waals surface area contributed by atoms with Gasteiger partial charge in [0.25, 0.3) is 0 Å². The molecule has 2 heterocycles. The number of aromatic carboxylic acids is 1. The number of morpholine rings is 1. The largest absolute Gasteiger partial charge is 0.478 e. The number of aromatic amines is 1. The number of ether oxygens (including phenoxy) is 1. The van der Waals surface area contributed by atoms with Crippen molar-refractivity contribution in [3.63, 3.8) is 0 Å². The Labute approximate surface area is 145 Å². The molecule has 0 saturated carbocycles. The van der Waals surface area contributed by atoms with Crippen molar-refractivity contribution in [1.82, 2.24) is 15.1 Å². The Morgan fingerprint density at radius 2 is 1.92 bits per heavy atom. The van der Waals surface area contributed by atoms with E-state index in [1.807, 2.05) is 0 Å². The summed E-state index contributed by atoms with van der Waals surface area (Å²) in [5, 5.41) is 17.3. The first-order valence-corrected chi connectivity index (χ1v) is 8.31. The van der Waals surface area contributed by atoms with E-state index in [4.69, 9.17) is 9.84 Å². The maximum atomic E-state index is 11.1. The summed E-state index contributed by atoms with van der Waals surface area (Å²) in [6.45, 7) is 4.47. The molecule has 2 aromatic carbocycles. The highest BCUT2D eigenvalue weighted by Gasteiger charge is 2.13. The zero-order valence-electron chi connectivity index (χ0n) is 13.7. The van der Waals surface area contributed by atoms with Crippen molar-refractivity contribution in [1.29, 1.82) is 0 Å². The van der Waals surface area contributed by atoms with Crippen molar-refractivity contribution >= 4 is 16.9 Å². The molecule has 0 bridgehead atoms. The van der Waals surface area contributed by atoms with Crippen LogP contribution in [0.5, 0.6) is 0 Å². The van der Waals surface area contributed by atoms with E-state index in [9.17, 15) is 4.79 Å². The van der Waals surface area contributed by atoms with Gasteiger partial charge in [-0.1, -0.05) is 24.3 Å². The number of nitrogens with zero attached hydrogens (tertiary/aromatic N) is 2. The number of nitrogens with one attached hydrogen (secondary N) is 1. The molecular formula is C19H19N3O3. The van der Waals surface area contributed by atoms with Crippen LogP contribution in [-0.4, -0.2) is 52.5 Å². The number of hydrogen-bond acceptors (Lipinski definition) is 4. The van der Waals surface area contributed by atoms with E-state index < -0.39 is 5.97 Å². The summed E-state index contributed by atoms with van der Waals surface area (Å²) in [6.07, 6.45) is 0. The van der Waals surface area contributed by atoms with Gasteiger partial charge in [0.2, 0.25) is 0 Å². The summed E-state index contributed by atoms with van der Waals surface area (Å²) in [5.74, 6) is -0.939. The topological polar surface area (TPSA) is 78.4 Å². The molecule has 4 rings (SSSR count). The molecule has 0 radical (unpaired) electrons. The van der Waals surface area contributed by atoms with Crippen LogP contribution >= 0.6 is 0 Å². The number of H-pyrrole nitrogens is 1.